The summed E-state index contributed by atoms with van der Waals surface area (Å²) in [5.41, 5.74) is 5.34. The molecular weight excluding hydrogens is 665 g/mol. The van der Waals surface area contributed by atoms with Crippen molar-refractivity contribution in [3.63, 3.8) is 0 Å². The maximum absolute atomic E-state index is 12.5. The molecule has 51 heavy (non-hydrogen) atoms. The molecule has 0 amide bonds. The lowest BCUT2D eigenvalue weighted by Crippen LogP contribution is -2.29. The summed E-state index contributed by atoms with van der Waals surface area (Å²) in [5, 5.41) is 0. The summed E-state index contributed by atoms with van der Waals surface area (Å²) in [4.78, 5) is 34.8. The van der Waals surface area contributed by atoms with Gasteiger partial charge in [-0.25, -0.2) is 4.57 Å². The first-order chi connectivity index (χ1) is 24.8. The molecule has 0 fully saturated rings. The molecule has 10 heteroatoms. The molecule has 0 aliphatic carbocycles. The molecule has 0 spiro atoms. The highest BCUT2D eigenvalue weighted by molar-refractivity contribution is 7.47. The highest BCUT2D eigenvalue weighted by Gasteiger charge is 2.26. The van der Waals surface area contributed by atoms with Gasteiger partial charge >= 0.3 is 19.8 Å². The van der Waals surface area contributed by atoms with Gasteiger partial charge in [-0.15, -0.1) is 0 Å². The van der Waals surface area contributed by atoms with Crippen molar-refractivity contribution in [2.24, 2.45) is 5.73 Å². The van der Waals surface area contributed by atoms with Crippen LogP contribution in [0.2, 0.25) is 0 Å². The van der Waals surface area contributed by atoms with Crippen LogP contribution in [0.3, 0.4) is 0 Å². The molecule has 0 heterocycles. The SMILES string of the molecule is CCCC/C=C/CCCCCCCCCCCC(=O)OC[C@H](COP(=O)(O)OCCN)OC(=O)CCCCC/C=C/CCCCCCCCCC. The van der Waals surface area contributed by atoms with E-state index < -0.39 is 26.5 Å². The predicted molar refractivity (Wildman–Crippen MR) is 211 cm³/mol. The molecule has 9 nitrogen and oxygen atoms in total. The predicted octanol–water partition coefficient (Wildman–Crippen LogP) is 11.6. The van der Waals surface area contributed by atoms with E-state index >= 15 is 0 Å². The van der Waals surface area contributed by atoms with Gasteiger partial charge in [-0.1, -0.05) is 147 Å². The maximum atomic E-state index is 12.5. The van der Waals surface area contributed by atoms with E-state index in [1.165, 1.54) is 116 Å². The first-order valence-corrected chi connectivity index (χ1v) is 22.3. The second-order valence-electron chi connectivity index (χ2n) is 13.8. The summed E-state index contributed by atoms with van der Waals surface area (Å²) >= 11 is 0. The lowest BCUT2D eigenvalue weighted by molar-refractivity contribution is -0.161. The normalized spacial score (nSPS) is 13.6. The number of hydrogen-bond donors (Lipinski definition) is 2. The highest BCUT2D eigenvalue weighted by atomic mass is 31.2. The Morgan fingerprint density at radius 3 is 1.47 bits per heavy atom. The van der Waals surface area contributed by atoms with Crippen molar-refractivity contribution in [2.45, 2.75) is 200 Å². The van der Waals surface area contributed by atoms with Crippen molar-refractivity contribution in [1.29, 1.82) is 0 Å². The van der Waals surface area contributed by atoms with E-state index in [9.17, 15) is 19.0 Å². The molecule has 0 aliphatic heterocycles. The fourth-order valence-corrected chi connectivity index (χ4v) is 6.43. The zero-order valence-electron chi connectivity index (χ0n) is 32.8. The lowest BCUT2D eigenvalue weighted by Gasteiger charge is -2.19. The van der Waals surface area contributed by atoms with Crippen molar-refractivity contribution in [3.8, 4) is 0 Å². The molecule has 0 saturated carbocycles. The van der Waals surface area contributed by atoms with Crippen molar-refractivity contribution >= 4 is 19.8 Å². The monoisotopic (exact) mass is 744 g/mol. The Labute approximate surface area is 312 Å². The van der Waals surface area contributed by atoms with Gasteiger partial charge in [-0.3, -0.25) is 18.6 Å². The molecule has 300 valence electrons. The molecule has 0 aliphatic rings. The largest absolute Gasteiger partial charge is 0.472 e. The average molecular weight is 744 g/mol. The van der Waals surface area contributed by atoms with E-state index in [0.717, 1.165) is 44.9 Å². The van der Waals surface area contributed by atoms with Gasteiger partial charge in [-0.2, -0.15) is 0 Å². The second kappa shape index (κ2) is 38.2. The summed E-state index contributed by atoms with van der Waals surface area (Å²) < 4.78 is 32.7. The number of unbranched alkanes of at least 4 members (excludes halogenated alkanes) is 22. The van der Waals surface area contributed by atoms with Gasteiger partial charge in [0.25, 0.3) is 0 Å². The number of nitrogens with two attached hydrogens (primary N) is 1. The number of rotatable bonds is 39. The number of esters is 2. The molecular formula is C41H78NO8P. The van der Waals surface area contributed by atoms with E-state index in [4.69, 9.17) is 24.3 Å². The number of phosphoric ester groups is 1. The van der Waals surface area contributed by atoms with Crippen LogP contribution in [0.25, 0.3) is 0 Å². The van der Waals surface area contributed by atoms with Crippen molar-refractivity contribution in [3.05, 3.63) is 24.3 Å². The number of carbonyl (C=O) groups is 2. The molecule has 0 radical (unpaired) electrons. The minimum Gasteiger partial charge on any atom is -0.462 e. The third kappa shape index (κ3) is 38.0. The summed E-state index contributed by atoms with van der Waals surface area (Å²) in [6, 6.07) is 0. The third-order valence-electron chi connectivity index (χ3n) is 8.81. The van der Waals surface area contributed by atoms with E-state index in [0.29, 0.717) is 6.42 Å². The second-order valence-corrected chi connectivity index (χ2v) is 15.3. The van der Waals surface area contributed by atoms with Crippen LogP contribution in [0.1, 0.15) is 194 Å². The molecule has 0 aromatic heterocycles. The Bertz CT molecular complexity index is 897. The number of carbonyl (C=O) groups excluding carboxylic acids is 2. The van der Waals surface area contributed by atoms with Gasteiger partial charge in [0.2, 0.25) is 0 Å². The van der Waals surface area contributed by atoms with Crippen LogP contribution in [0, 0.1) is 0 Å². The maximum Gasteiger partial charge on any atom is 0.472 e. The van der Waals surface area contributed by atoms with Crippen molar-refractivity contribution < 1.29 is 37.6 Å². The first kappa shape index (κ1) is 49.5. The number of phosphoric acid groups is 1. The summed E-state index contributed by atoms with van der Waals surface area (Å²) in [6.07, 6.45) is 39.2. The molecule has 2 atom stereocenters. The Hall–Kier alpha value is -1.51. The smallest absolute Gasteiger partial charge is 0.462 e. The van der Waals surface area contributed by atoms with E-state index in [1.807, 2.05) is 0 Å². The molecule has 0 aromatic rings. The summed E-state index contributed by atoms with van der Waals surface area (Å²) in [5.74, 6) is -0.846. The van der Waals surface area contributed by atoms with Gasteiger partial charge in [-0.05, 0) is 57.8 Å². The Morgan fingerprint density at radius 2 is 0.980 bits per heavy atom. The van der Waals surface area contributed by atoms with E-state index in [1.54, 1.807) is 0 Å². The first-order valence-electron chi connectivity index (χ1n) is 20.8. The topological polar surface area (TPSA) is 134 Å². The van der Waals surface area contributed by atoms with Crippen LogP contribution < -0.4 is 5.73 Å². The lowest BCUT2D eigenvalue weighted by atomic mass is 10.1. The van der Waals surface area contributed by atoms with Crippen LogP contribution in [0.4, 0.5) is 0 Å². The number of ether oxygens (including phenoxy) is 2. The van der Waals surface area contributed by atoms with Crippen LogP contribution >= 0.6 is 7.82 Å². The van der Waals surface area contributed by atoms with Crippen LogP contribution in [0.15, 0.2) is 24.3 Å². The Morgan fingerprint density at radius 1 is 0.569 bits per heavy atom. The van der Waals surface area contributed by atoms with Crippen molar-refractivity contribution in [1.82, 2.24) is 0 Å². The average Bonchev–Trinajstić information content (AvgIpc) is 3.11. The summed E-state index contributed by atoms with van der Waals surface area (Å²) in [7, 11) is -4.37. The summed E-state index contributed by atoms with van der Waals surface area (Å²) in [6.45, 7) is 3.69. The minimum atomic E-state index is -4.37. The zero-order valence-corrected chi connectivity index (χ0v) is 33.7. The van der Waals surface area contributed by atoms with Gasteiger partial charge in [0.1, 0.15) is 6.61 Å². The van der Waals surface area contributed by atoms with Crippen LogP contribution in [-0.4, -0.2) is 49.3 Å². The molecule has 1 unspecified atom stereocenters. The molecule has 0 bridgehead atoms. The zero-order chi connectivity index (χ0) is 37.5. The quantitative estimate of drug-likeness (QED) is 0.0273. The van der Waals surface area contributed by atoms with Crippen LogP contribution in [0.5, 0.6) is 0 Å². The van der Waals surface area contributed by atoms with Gasteiger partial charge in [0, 0.05) is 19.4 Å². The number of hydrogen-bond acceptors (Lipinski definition) is 8. The standard InChI is InChI=1S/C41H78NO8P/c1-3-5-7-9-11-13-15-17-19-21-23-25-27-29-31-33-40(43)47-37-39(38-49-51(45,46)48-36-35-42)50-41(44)34-32-30-28-26-24-22-20-18-16-14-12-10-8-6-4-2/h9,11,22,24,39H,3-8,10,12-21,23,25-38,42H2,1-2H3,(H,45,46)/b11-9+,24-22+/t39-/m1/s1. The van der Waals surface area contributed by atoms with E-state index in [2.05, 4.69) is 38.2 Å². The molecule has 0 rings (SSSR count). The third-order valence-corrected chi connectivity index (χ3v) is 9.79. The fourth-order valence-electron chi connectivity index (χ4n) is 5.67. The van der Waals surface area contributed by atoms with Gasteiger partial charge in [0.05, 0.1) is 13.2 Å². The van der Waals surface area contributed by atoms with Crippen molar-refractivity contribution in [2.75, 3.05) is 26.4 Å². The van der Waals surface area contributed by atoms with E-state index in [-0.39, 0.29) is 38.6 Å². The molecule has 3 N–H and O–H groups in total. The van der Waals surface area contributed by atoms with Gasteiger partial charge in [0.15, 0.2) is 6.10 Å². The highest BCUT2D eigenvalue weighted by Crippen LogP contribution is 2.43. The Balaban J connectivity index is 4.19. The van der Waals surface area contributed by atoms with Crippen LogP contribution in [-0.2, 0) is 32.7 Å². The fraction of sp³-hybridized carbons (Fsp3) is 0.854. The molecule has 0 saturated heterocycles. The minimum absolute atomic E-state index is 0.0519. The number of allylic oxidation sites excluding steroid dienone is 4. The Kier molecular flexibility index (Phi) is 37.1. The molecule has 0 aromatic carbocycles. The van der Waals surface area contributed by atoms with Gasteiger partial charge < -0.3 is 20.1 Å².